The fraction of sp³-hybridized carbons (Fsp3) is 0.438. The van der Waals surface area contributed by atoms with Crippen LogP contribution in [-0.2, 0) is 29.0 Å². The molecule has 0 bridgehead atoms. The number of carbonyl (C=O) groups is 3. The number of hydrogen-bond donors (Lipinski definition) is 1. The number of rotatable bonds is 7. The van der Waals surface area contributed by atoms with Crippen molar-refractivity contribution in [1.82, 2.24) is 10.2 Å². The molecule has 0 aliphatic carbocycles. The number of benzene rings is 1. The van der Waals surface area contributed by atoms with Crippen LogP contribution < -0.4 is 5.32 Å². The molecule has 0 radical (unpaired) electrons. The van der Waals surface area contributed by atoms with Crippen LogP contribution in [0.4, 0.5) is 13.2 Å². The molecule has 0 saturated carbocycles. The number of nitrogens with zero attached hydrogens (tertiary/aromatic N) is 1. The number of hydrogen-bond acceptors (Lipinski definition) is 6. The number of esters is 1. The first-order valence-electron chi connectivity index (χ1n) is 7.91. The predicted molar refractivity (Wildman–Crippen MR) is 90.5 cm³/mol. The van der Waals surface area contributed by atoms with Crippen LogP contribution in [0, 0.1) is 0 Å². The summed E-state index contributed by atoms with van der Waals surface area (Å²) in [5.41, 5.74) is -5.42. The molecule has 1 aromatic rings. The fourth-order valence-electron chi connectivity index (χ4n) is 2.16. The summed E-state index contributed by atoms with van der Waals surface area (Å²) in [5, 5.41) is 2.27. The molecule has 0 aliphatic heterocycles. The van der Waals surface area contributed by atoms with Gasteiger partial charge in [0.05, 0.1) is 11.5 Å². The monoisotopic (exact) mass is 424 g/mol. The first-order chi connectivity index (χ1) is 12.8. The van der Waals surface area contributed by atoms with Crippen molar-refractivity contribution in [2.24, 2.45) is 0 Å². The van der Waals surface area contributed by atoms with E-state index >= 15 is 0 Å². The van der Waals surface area contributed by atoms with Gasteiger partial charge in [-0.15, -0.1) is 0 Å². The number of halogens is 3. The van der Waals surface area contributed by atoms with Gasteiger partial charge in [0.15, 0.2) is 0 Å². The van der Waals surface area contributed by atoms with E-state index in [4.69, 9.17) is 0 Å². The third kappa shape index (κ3) is 5.44. The van der Waals surface area contributed by atoms with Crippen molar-refractivity contribution in [1.29, 1.82) is 0 Å². The molecule has 1 aromatic carbocycles. The average Bonchev–Trinajstić information content (AvgIpc) is 2.59. The first-order valence-corrected chi connectivity index (χ1v) is 9.39. The Bertz CT molecular complexity index is 837. The van der Waals surface area contributed by atoms with Gasteiger partial charge in [-0.3, -0.25) is 14.4 Å². The summed E-state index contributed by atoms with van der Waals surface area (Å²) >= 11 is 0. The highest BCUT2D eigenvalue weighted by atomic mass is 32.2. The van der Waals surface area contributed by atoms with Crippen LogP contribution in [0.2, 0.25) is 0 Å². The summed E-state index contributed by atoms with van der Waals surface area (Å²) in [6.07, 6.45) is 0. The van der Waals surface area contributed by atoms with Crippen molar-refractivity contribution in [3.05, 3.63) is 29.8 Å². The Morgan fingerprint density at radius 1 is 1.18 bits per heavy atom. The Balaban J connectivity index is 3.17. The Morgan fingerprint density at radius 2 is 1.71 bits per heavy atom. The third-order valence-electron chi connectivity index (χ3n) is 3.66. The number of alkyl halides is 3. The summed E-state index contributed by atoms with van der Waals surface area (Å²) in [6.45, 7) is 2.35. The second-order valence-electron chi connectivity index (χ2n) is 5.57. The molecule has 8 nitrogen and oxygen atoms in total. The molecule has 12 heteroatoms. The van der Waals surface area contributed by atoms with Gasteiger partial charge in [0.1, 0.15) is 12.6 Å². The molecule has 2 amide bonds. The molecule has 1 N–H and O–H groups in total. The van der Waals surface area contributed by atoms with Crippen LogP contribution in [0.1, 0.15) is 25.5 Å². The van der Waals surface area contributed by atoms with Crippen molar-refractivity contribution in [2.45, 2.75) is 30.3 Å². The number of nitrogens with one attached hydrogen (secondary N) is 1. The number of amides is 2. The maximum Gasteiger partial charge on any atom is 0.501 e. The lowest BCUT2D eigenvalue weighted by Gasteiger charge is -2.26. The zero-order valence-electron chi connectivity index (χ0n) is 15.2. The zero-order valence-corrected chi connectivity index (χ0v) is 16.1. The zero-order chi connectivity index (χ0) is 21.7. The Kier molecular flexibility index (Phi) is 7.56. The van der Waals surface area contributed by atoms with Crippen LogP contribution >= 0.6 is 0 Å². The quantitative estimate of drug-likeness (QED) is 0.659. The van der Waals surface area contributed by atoms with E-state index in [1.54, 1.807) is 6.92 Å². The lowest BCUT2D eigenvalue weighted by Crippen LogP contribution is -2.42. The Hall–Kier alpha value is -2.63. The van der Waals surface area contributed by atoms with Crippen LogP contribution in [0.25, 0.3) is 0 Å². The van der Waals surface area contributed by atoms with Gasteiger partial charge in [0.25, 0.3) is 9.84 Å². The van der Waals surface area contributed by atoms with Gasteiger partial charge < -0.3 is 15.0 Å². The molecule has 0 aliphatic rings. The topological polar surface area (TPSA) is 110 Å². The summed E-state index contributed by atoms with van der Waals surface area (Å²) < 4.78 is 65.4. The normalized spacial score (nSPS) is 12.8. The fourth-order valence-corrected chi connectivity index (χ4v) is 2.93. The van der Waals surface area contributed by atoms with Crippen LogP contribution in [0.3, 0.4) is 0 Å². The second kappa shape index (κ2) is 9.04. The van der Waals surface area contributed by atoms with E-state index < -0.39 is 50.6 Å². The molecule has 0 heterocycles. The van der Waals surface area contributed by atoms with Gasteiger partial charge in [0.2, 0.25) is 11.8 Å². The molecular weight excluding hydrogens is 405 g/mol. The maximum atomic E-state index is 12.6. The second-order valence-corrected chi connectivity index (χ2v) is 7.51. The lowest BCUT2D eigenvalue weighted by molar-refractivity contribution is -0.144. The summed E-state index contributed by atoms with van der Waals surface area (Å²) in [6, 6.07) is 2.07. The molecule has 1 unspecified atom stereocenters. The van der Waals surface area contributed by atoms with Crippen molar-refractivity contribution in [3.8, 4) is 0 Å². The number of carbonyl (C=O) groups excluding carboxylic acids is 3. The maximum absolute atomic E-state index is 12.6. The van der Waals surface area contributed by atoms with Crippen molar-refractivity contribution in [2.75, 3.05) is 20.2 Å². The standard InChI is InChI=1S/C16H19F3N2O6S/c1-4-27-13(23)9-20-15(24)14(21(3)10(2)22)11-5-7-12(8-6-11)28(25,26)16(17,18)19/h5-8,14H,4,9H2,1-3H3,(H,20,24). The Morgan fingerprint density at radius 3 is 2.14 bits per heavy atom. The van der Waals surface area contributed by atoms with Gasteiger partial charge in [-0.2, -0.15) is 13.2 Å². The number of likely N-dealkylation sites (N-methyl/N-ethyl adjacent to an activating group) is 1. The molecule has 0 aromatic heterocycles. The minimum Gasteiger partial charge on any atom is -0.465 e. The SMILES string of the molecule is CCOC(=O)CNC(=O)C(c1ccc(S(=O)(=O)C(F)(F)F)cc1)N(C)C(C)=O. The minimum atomic E-state index is -5.55. The van der Waals surface area contributed by atoms with E-state index in [0.29, 0.717) is 12.1 Å². The van der Waals surface area contributed by atoms with Crippen LogP contribution in [-0.4, -0.2) is 56.8 Å². The molecule has 28 heavy (non-hydrogen) atoms. The van der Waals surface area contributed by atoms with Crippen molar-refractivity contribution < 1.29 is 40.7 Å². The number of sulfone groups is 1. The smallest absolute Gasteiger partial charge is 0.465 e. The summed E-state index contributed by atoms with van der Waals surface area (Å²) in [7, 11) is -4.27. The highest BCUT2D eigenvalue weighted by molar-refractivity contribution is 7.92. The molecule has 0 saturated heterocycles. The Labute approximate surface area is 159 Å². The molecule has 156 valence electrons. The van der Waals surface area contributed by atoms with Gasteiger partial charge in [-0.1, -0.05) is 12.1 Å². The average molecular weight is 424 g/mol. The summed E-state index contributed by atoms with van der Waals surface area (Å²) in [4.78, 5) is 35.5. The van der Waals surface area contributed by atoms with E-state index in [9.17, 15) is 36.0 Å². The van der Waals surface area contributed by atoms with Gasteiger partial charge >= 0.3 is 11.5 Å². The molecular formula is C16H19F3N2O6S. The molecule has 1 rings (SSSR count). The largest absolute Gasteiger partial charge is 0.501 e. The van der Waals surface area contributed by atoms with E-state index in [1.165, 1.54) is 7.05 Å². The molecule has 0 spiro atoms. The third-order valence-corrected chi connectivity index (χ3v) is 5.16. The van der Waals surface area contributed by atoms with Gasteiger partial charge in [-0.25, -0.2) is 8.42 Å². The van der Waals surface area contributed by atoms with Gasteiger partial charge in [0, 0.05) is 14.0 Å². The predicted octanol–water partition coefficient (Wildman–Crippen LogP) is 1.18. The van der Waals surface area contributed by atoms with Crippen LogP contribution in [0.15, 0.2) is 29.2 Å². The summed E-state index contributed by atoms with van der Waals surface area (Å²) in [5.74, 6) is -2.05. The first kappa shape index (κ1) is 23.4. The number of ether oxygens (including phenoxy) is 1. The van der Waals surface area contributed by atoms with Crippen molar-refractivity contribution in [3.63, 3.8) is 0 Å². The highest BCUT2D eigenvalue weighted by Crippen LogP contribution is 2.31. The van der Waals surface area contributed by atoms with E-state index in [-0.39, 0.29) is 12.2 Å². The molecule has 1 atom stereocenters. The highest BCUT2D eigenvalue weighted by Gasteiger charge is 2.46. The minimum absolute atomic E-state index is 0.0557. The van der Waals surface area contributed by atoms with E-state index in [1.807, 2.05) is 0 Å². The van der Waals surface area contributed by atoms with Crippen molar-refractivity contribution >= 4 is 27.6 Å². The van der Waals surface area contributed by atoms with E-state index in [2.05, 4.69) is 10.1 Å². The van der Waals surface area contributed by atoms with Crippen LogP contribution in [0.5, 0.6) is 0 Å². The van der Waals surface area contributed by atoms with Gasteiger partial charge in [-0.05, 0) is 24.6 Å². The lowest BCUT2D eigenvalue weighted by atomic mass is 10.0. The van der Waals surface area contributed by atoms with E-state index in [0.717, 1.165) is 24.0 Å². The molecule has 0 fully saturated rings.